The van der Waals surface area contributed by atoms with E-state index in [9.17, 15) is 0 Å². The molecule has 0 bridgehead atoms. The minimum Gasteiger partial charge on any atom is -0.492 e. The van der Waals surface area contributed by atoms with Crippen molar-refractivity contribution in [3.63, 3.8) is 0 Å². The van der Waals surface area contributed by atoms with E-state index in [1.165, 1.54) is 5.56 Å². The normalized spacial score (nSPS) is 10.4. The van der Waals surface area contributed by atoms with E-state index >= 15 is 0 Å². The first kappa shape index (κ1) is 11.7. The summed E-state index contributed by atoms with van der Waals surface area (Å²) in [6, 6.07) is 8.04. The van der Waals surface area contributed by atoms with Crippen molar-refractivity contribution < 1.29 is 9.26 Å². The van der Waals surface area contributed by atoms with E-state index in [0.29, 0.717) is 6.61 Å². The molecule has 0 fully saturated rings. The lowest BCUT2D eigenvalue weighted by atomic mass is 10.2. The highest BCUT2D eigenvalue weighted by Gasteiger charge is 1.96. The van der Waals surface area contributed by atoms with Crippen LogP contribution in [0.25, 0.3) is 0 Å². The van der Waals surface area contributed by atoms with Crippen LogP contribution in [0.15, 0.2) is 41.2 Å². The fourth-order valence-corrected chi connectivity index (χ4v) is 1.49. The van der Waals surface area contributed by atoms with Crippen molar-refractivity contribution in [1.29, 1.82) is 0 Å². The Morgan fingerprint density at radius 3 is 3.12 bits per heavy atom. The number of hydrogen-bond acceptors (Lipinski definition) is 4. The molecule has 0 saturated heterocycles. The molecule has 1 heterocycles. The van der Waals surface area contributed by atoms with E-state index in [1.807, 2.05) is 18.2 Å². The average Bonchev–Trinajstić information content (AvgIpc) is 2.82. The Morgan fingerprint density at radius 1 is 1.41 bits per heavy atom. The van der Waals surface area contributed by atoms with Crippen molar-refractivity contribution in [3.8, 4) is 5.75 Å². The van der Waals surface area contributed by atoms with Crippen molar-refractivity contribution in [2.45, 2.75) is 13.5 Å². The highest BCUT2D eigenvalue weighted by atomic mass is 16.5. The number of benzene rings is 1. The second-order valence-electron chi connectivity index (χ2n) is 3.87. The Kier molecular flexibility index (Phi) is 4.16. The lowest BCUT2D eigenvalue weighted by molar-refractivity contribution is 0.313. The lowest BCUT2D eigenvalue weighted by Gasteiger charge is -2.07. The predicted octanol–water partition coefficient (Wildman–Crippen LogP) is 2.15. The minimum atomic E-state index is 0.648. The molecule has 0 aliphatic rings. The van der Waals surface area contributed by atoms with Gasteiger partial charge in [-0.05, 0) is 24.6 Å². The van der Waals surface area contributed by atoms with Crippen LogP contribution in [0.3, 0.4) is 0 Å². The van der Waals surface area contributed by atoms with E-state index in [4.69, 9.17) is 9.26 Å². The van der Waals surface area contributed by atoms with Gasteiger partial charge < -0.3 is 14.6 Å². The molecule has 0 unspecified atom stereocenters. The zero-order valence-corrected chi connectivity index (χ0v) is 9.85. The maximum absolute atomic E-state index is 5.60. The maximum atomic E-state index is 5.60. The lowest BCUT2D eigenvalue weighted by Crippen LogP contribution is -2.20. The molecular formula is C13H16N2O2. The van der Waals surface area contributed by atoms with Gasteiger partial charge in [0.2, 0.25) is 0 Å². The predicted molar refractivity (Wildman–Crippen MR) is 64.9 cm³/mol. The Morgan fingerprint density at radius 2 is 2.35 bits per heavy atom. The van der Waals surface area contributed by atoms with Crippen LogP contribution in [-0.2, 0) is 6.54 Å². The van der Waals surface area contributed by atoms with E-state index in [2.05, 4.69) is 23.5 Å². The molecule has 0 saturated carbocycles. The zero-order chi connectivity index (χ0) is 11.9. The van der Waals surface area contributed by atoms with Gasteiger partial charge >= 0.3 is 0 Å². The maximum Gasteiger partial charge on any atom is 0.128 e. The smallest absolute Gasteiger partial charge is 0.128 e. The van der Waals surface area contributed by atoms with E-state index in [1.54, 1.807) is 12.5 Å². The molecule has 17 heavy (non-hydrogen) atoms. The van der Waals surface area contributed by atoms with Crippen LogP contribution < -0.4 is 10.1 Å². The fourth-order valence-electron chi connectivity index (χ4n) is 1.49. The van der Waals surface area contributed by atoms with Crippen molar-refractivity contribution in [2.24, 2.45) is 0 Å². The molecule has 0 atom stereocenters. The summed E-state index contributed by atoms with van der Waals surface area (Å²) in [6.07, 6.45) is 3.34. The van der Waals surface area contributed by atoms with Gasteiger partial charge in [0.05, 0.1) is 6.20 Å². The Hall–Kier alpha value is -1.81. The van der Waals surface area contributed by atoms with Crippen LogP contribution in [-0.4, -0.2) is 18.3 Å². The molecule has 0 aliphatic carbocycles. The third-order valence-corrected chi connectivity index (χ3v) is 2.35. The summed E-state index contributed by atoms with van der Waals surface area (Å²) < 4.78 is 10.3. The number of aryl methyl sites for hydroxylation is 1. The van der Waals surface area contributed by atoms with E-state index in [-0.39, 0.29) is 0 Å². The van der Waals surface area contributed by atoms with Crippen LogP contribution in [0.4, 0.5) is 0 Å². The van der Waals surface area contributed by atoms with Crippen molar-refractivity contribution in [2.75, 3.05) is 13.2 Å². The molecular weight excluding hydrogens is 216 g/mol. The first-order valence-corrected chi connectivity index (χ1v) is 5.63. The van der Waals surface area contributed by atoms with E-state index in [0.717, 1.165) is 24.4 Å². The molecule has 90 valence electrons. The Bertz CT molecular complexity index is 440. The average molecular weight is 232 g/mol. The minimum absolute atomic E-state index is 0.648. The molecule has 2 aromatic rings. The largest absolute Gasteiger partial charge is 0.492 e. The highest BCUT2D eigenvalue weighted by Crippen LogP contribution is 2.11. The van der Waals surface area contributed by atoms with Crippen LogP contribution in [0.2, 0.25) is 0 Å². The van der Waals surface area contributed by atoms with Gasteiger partial charge in [0.1, 0.15) is 18.6 Å². The monoisotopic (exact) mass is 232 g/mol. The second kappa shape index (κ2) is 6.06. The number of nitrogens with zero attached hydrogens (tertiary/aromatic N) is 1. The number of ether oxygens (including phenoxy) is 1. The summed E-state index contributed by atoms with van der Waals surface area (Å²) in [6.45, 7) is 4.24. The second-order valence-corrected chi connectivity index (χ2v) is 3.87. The standard InChI is InChI=1S/C13H16N2O2/c1-11-3-2-4-13(7-11)16-6-5-14-8-12-9-15-17-10-12/h2-4,7,9-10,14H,5-6,8H2,1H3. The summed E-state index contributed by atoms with van der Waals surface area (Å²) in [5, 5.41) is 6.88. The Balaban J connectivity index is 1.63. The molecule has 0 amide bonds. The summed E-state index contributed by atoms with van der Waals surface area (Å²) in [5.74, 6) is 0.914. The quantitative estimate of drug-likeness (QED) is 0.775. The highest BCUT2D eigenvalue weighted by molar-refractivity contribution is 5.27. The summed E-state index contributed by atoms with van der Waals surface area (Å²) in [7, 11) is 0. The molecule has 0 aliphatic heterocycles. The Labute approximate surface area is 101 Å². The third-order valence-electron chi connectivity index (χ3n) is 2.35. The van der Waals surface area contributed by atoms with Gasteiger partial charge in [-0.3, -0.25) is 0 Å². The van der Waals surface area contributed by atoms with Gasteiger partial charge in [-0.1, -0.05) is 17.3 Å². The first-order valence-electron chi connectivity index (χ1n) is 5.63. The molecule has 4 heteroatoms. The third kappa shape index (κ3) is 3.92. The van der Waals surface area contributed by atoms with Crippen LogP contribution >= 0.6 is 0 Å². The molecule has 1 N–H and O–H groups in total. The number of rotatable bonds is 6. The number of hydrogen-bond donors (Lipinski definition) is 1. The van der Waals surface area contributed by atoms with Gasteiger partial charge in [-0.2, -0.15) is 0 Å². The van der Waals surface area contributed by atoms with Crippen molar-refractivity contribution in [3.05, 3.63) is 47.9 Å². The van der Waals surface area contributed by atoms with Gasteiger partial charge in [0.25, 0.3) is 0 Å². The first-order chi connectivity index (χ1) is 8.34. The van der Waals surface area contributed by atoms with Crippen LogP contribution in [0.1, 0.15) is 11.1 Å². The van der Waals surface area contributed by atoms with Crippen molar-refractivity contribution >= 4 is 0 Å². The van der Waals surface area contributed by atoms with Gasteiger partial charge in [-0.25, -0.2) is 0 Å². The SMILES string of the molecule is Cc1cccc(OCCNCc2cnoc2)c1. The molecule has 4 nitrogen and oxygen atoms in total. The van der Waals surface area contributed by atoms with E-state index < -0.39 is 0 Å². The zero-order valence-electron chi connectivity index (χ0n) is 9.85. The topological polar surface area (TPSA) is 47.3 Å². The van der Waals surface area contributed by atoms with Gasteiger partial charge in [0, 0.05) is 18.7 Å². The fraction of sp³-hybridized carbons (Fsp3) is 0.308. The molecule has 0 spiro atoms. The van der Waals surface area contributed by atoms with Crippen molar-refractivity contribution in [1.82, 2.24) is 10.5 Å². The summed E-state index contributed by atoms with van der Waals surface area (Å²) >= 11 is 0. The van der Waals surface area contributed by atoms with Crippen LogP contribution in [0.5, 0.6) is 5.75 Å². The number of nitrogens with one attached hydrogen (secondary N) is 1. The molecule has 1 aromatic carbocycles. The van der Waals surface area contributed by atoms with Gasteiger partial charge in [0.15, 0.2) is 0 Å². The molecule has 2 rings (SSSR count). The van der Waals surface area contributed by atoms with Gasteiger partial charge in [-0.15, -0.1) is 0 Å². The summed E-state index contributed by atoms with van der Waals surface area (Å²) in [4.78, 5) is 0. The molecule has 1 aromatic heterocycles. The number of aromatic nitrogens is 1. The van der Waals surface area contributed by atoms with Crippen LogP contribution in [0, 0.1) is 6.92 Å². The molecule has 0 radical (unpaired) electrons. The summed E-state index contributed by atoms with van der Waals surface area (Å²) in [5.41, 5.74) is 2.25.